The van der Waals surface area contributed by atoms with E-state index in [1.54, 1.807) is 0 Å². The number of hydrogen-bond donors (Lipinski definition) is 1. The summed E-state index contributed by atoms with van der Waals surface area (Å²) in [6, 6.07) is 0. The summed E-state index contributed by atoms with van der Waals surface area (Å²) >= 11 is 0. The molecule has 0 aliphatic heterocycles. The Morgan fingerprint density at radius 3 is 1.52 bits per heavy atom. The topological polar surface area (TPSA) is 37.3 Å². The van der Waals surface area contributed by atoms with Gasteiger partial charge in [0.1, 0.15) is 0 Å². The van der Waals surface area contributed by atoms with Gasteiger partial charge < -0.3 is 5.11 Å². The predicted octanol–water partition coefficient (Wildman–Crippen LogP) is 7.36. The molecule has 138 valence electrons. The van der Waals surface area contributed by atoms with E-state index in [9.17, 15) is 4.79 Å². The number of aliphatic carboxylic acids is 1. The van der Waals surface area contributed by atoms with Crippen molar-refractivity contribution in [1.29, 1.82) is 0 Å². The summed E-state index contributed by atoms with van der Waals surface area (Å²) in [5.41, 5.74) is 0. The maximum Gasteiger partial charge on any atom is 0.303 e. The number of hydrogen-bond acceptors (Lipinski definition) is 1. The molecule has 1 atom stereocenters. The molecule has 0 aliphatic rings. The standard InChI is InChI=1S/C21H42O2/c1-3-4-5-14-17-20(2)18-15-12-10-8-6-7-9-11-13-16-19-21(22)23/h20H,3-19H2,1-2H3,(H,22,23). The zero-order valence-electron chi connectivity index (χ0n) is 16.0. The van der Waals surface area contributed by atoms with Gasteiger partial charge in [-0.3, -0.25) is 4.79 Å². The Balaban J connectivity index is 3.11. The van der Waals surface area contributed by atoms with E-state index in [-0.39, 0.29) is 0 Å². The molecule has 2 heteroatoms. The molecule has 0 aliphatic carbocycles. The first-order valence-electron chi connectivity index (χ1n) is 10.4. The Morgan fingerprint density at radius 2 is 1.09 bits per heavy atom. The van der Waals surface area contributed by atoms with Crippen LogP contribution in [0.1, 0.15) is 123 Å². The van der Waals surface area contributed by atoms with Crippen LogP contribution in [-0.2, 0) is 4.79 Å². The molecule has 0 amide bonds. The number of unbranched alkanes of at least 4 members (excludes halogenated alkanes) is 12. The minimum Gasteiger partial charge on any atom is -0.481 e. The van der Waals surface area contributed by atoms with Gasteiger partial charge in [-0.15, -0.1) is 0 Å². The molecular weight excluding hydrogens is 284 g/mol. The van der Waals surface area contributed by atoms with E-state index in [2.05, 4.69) is 13.8 Å². The van der Waals surface area contributed by atoms with Crippen molar-refractivity contribution in [1.82, 2.24) is 0 Å². The fourth-order valence-electron chi connectivity index (χ4n) is 3.25. The van der Waals surface area contributed by atoms with Gasteiger partial charge in [0.25, 0.3) is 0 Å². The lowest BCUT2D eigenvalue weighted by Crippen LogP contribution is -1.95. The highest BCUT2D eigenvalue weighted by Gasteiger charge is 2.02. The third-order valence-electron chi connectivity index (χ3n) is 4.89. The summed E-state index contributed by atoms with van der Waals surface area (Å²) in [5.74, 6) is 0.276. The largest absolute Gasteiger partial charge is 0.481 e. The zero-order valence-corrected chi connectivity index (χ0v) is 16.0. The van der Waals surface area contributed by atoms with Gasteiger partial charge in [0.15, 0.2) is 0 Å². The van der Waals surface area contributed by atoms with Gasteiger partial charge >= 0.3 is 5.97 Å². The average molecular weight is 327 g/mol. The lowest BCUT2D eigenvalue weighted by Gasteiger charge is -2.10. The van der Waals surface area contributed by atoms with Crippen LogP contribution in [0.15, 0.2) is 0 Å². The van der Waals surface area contributed by atoms with E-state index in [4.69, 9.17) is 5.11 Å². The molecule has 0 fully saturated rings. The molecular formula is C21H42O2. The van der Waals surface area contributed by atoms with E-state index in [0.29, 0.717) is 6.42 Å². The number of carbonyl (C=O) groups is 1. The van der Waals surface area contributed by atoms with Crippen molar-refractivity contribution in [3.05, 3.63) is 0 Å². The lowest BCUT2D eigenvalue weighted by molar-refractivity contribution is -0.137. The van der Waals surface area contributed by atoms with Gasteiger partial charge in [-0.05, 0) is 12.3 Å². The first kappa shape index (κ1) is 22.5. The minimum atomic E-state index is -0.653. The van der Waals surface area contributed by atoms with Crippen molar-refractivity contribution < 1.29 is 9.90 Å². The molecule has 0 bridgehead atoms. The number of carboxylic acids is 1. The van der Waals surface area contributed by atoms with Gasteiger partial charge in [-0.1, -0.05) is 110 Å². The first-order chi connectivity index (χ1) is 11.2. The minimum absolute atomic E-state index is 0.344. The summed E-state index contributed by atoms with van der Waals surface area (Å²) in [6.45, 7) is 4.71. The van der Waals surface area contributed by atoms with Crippen LogP contribution in [-0.4, -0.2) is 11.1 Å². The molecule has 0 saturated carbocycles. The molecule has 0 saturated heterocycles. The van der Waals surface area contributed by atoms with Crippen LogP contribution in [0.2, 0.25) is 0 Å². The van der Waals surface area contributed by atoms with Crippen LogP contribution in [0.25, 0.3) is 0 Å². The summed E-state index contributed by atoms with van der Waals surface area (Å²) in [4.78, 5) is 10.4. The van der Waals surface area contributed by atoms with Crippen molar-refractivity contribution in [2.24, 2.45) is 5.92 Å². The SMILES string of the molecule is CCCCCCC(C)CCCCCCCCCCCCC(=O)O. The van der Waals surface area contributed by atoms with E-state index >= 15 is 0 Å². The quantitative estimate of drug-likeness (QED) is 0.267. The van der Waals surface area contributed by atoms with Gasteiger partial charge in [-0.25, -0.2) is 0 Å². The molecule has 0 aromatic carbocycles. The van der Waals surface area contributed by atoms with Crippen molar-refractivity contribution >= 4 is 5.97 Å². The first-order valence-corrected chi connectivity index (χ1v) is 10.4. The average Bonchev–Trinajstić information content (AvgIpc) is 2.52. The van der Waals surface area contributed by atoms with Crippen molar-refractivity contribution in [2.75, 3.05) is 0 Å². The molecule has 1 N–H and O–H groups in total. The van der Waals surface area contributed by atoms with Crippen LogP contribution in [0.4, 0.5) is 0 Å². The van der Waals surface area contributed by atoms with Crippen LogP contribution in [0.3, 0.4) is 0 Å². The summed E-state index contributed by atoms with van der Waals surface area (Å²) in [7, 11) is 0. The van der Waals surface area contributed by atoms with E-state index in [0.717, 1.165) is 18.8 Å². The highest BCUT2D eigenvalue weighted by Crippen LogP contribution is 2.18. The second-order valence-corrected chi connectivity index (χ2v) is 7.42. The normalized spacial score (nSPS) is 12.4. The van der Waals surface area contributed by atoms with Gasteiger partial charge in [0.05, 0.1) is 0 Å². The number of carboxylic acid groups (broad SMARTS) is 1. The van der Waals surface area contributed by atoms with Crippen molar-refractivity contribution in [2.45, 2.75) is 123 Å². The molecule has 23 heavy (non-hydrogen) atoms. The van der Waals surface area contributed by atoms with Crippen LogP contribution in [0, 0.1) is 5.92 Å². The Morgan fingerprint density at radius 1 is 0.696 bits per heavy atom. The van der Waals surface area contributed by atoms with E-state index in [1.807, 2.05) is 0 Å². The maximum atomic E-state index is 10.4. The van der Waals surface area contributed by atoms with E-state index in [1.165, 1.54) is 89.9 Å². The molecule has 0 heterocycles. The highest BCUT2D eigenvalue weighted by atomic mass is 16.4. The molecule has 0 spiro atoms. The summed E-state index contributed by atoms with van der Waals surface area (Å²) in [5, 5.41) is 8.56. The monoisotopic (exact) mass is 326 g/mol. The van der Waals surface area contributed by atoms with E-state index < -0.39 is 5.97 Å². The zero-order chi connectivity index (χ0) is 17.2. The Kier molecular flexibility index (Phi) is 17.4. The second-order valence-electron chi connectivity index (χ2n) is 7.42. The molecule has 0 aromatic rings. The molecule has 0 aromatic heterocycles. The summed E-state index contributed by atoms with van der Waals surface area (Å²) in [6.07, 6.45) is 21.6. The lowest BCUT2D eigenvalue weighted by atomic mass is 9.96. The third kappa shape index (κ3) is 19.4. The third-order valence-corrected chi connectivity index (χ3v) is 4.89. The predicted molar refractivity (Wildman–Crippen MR) is 101 cm³/mol. The molecule has 1 unspecified atom stereocenters. The van der Waals surface area contributed by atoms with Crippen molar-refractivity contribution in [3.63, 3.8) is 0 Å². The van der Waals surface area contributed by atoms with Gasteiger partial charge in [-0.2, -0.15) is 0 Å². The fourth-order valence-corrected chi connectivity index (χ4v) is 3.25. The van der Waals surface area contributed by atoms with Gasteiger partial charge in [0, 0.05) is 6.42 Å². The number of rotatable bonds is 18. The summed E-state index contributed by atoms with van der Waals surface area (Å²) < 4.78 is 0. The molecule has 0 rings (SSSR count). The molecule has 2 nitrogen and oxygen atoms in total. The smallest absolute Gasteiger partial charge is 0.303 e. The fraction of sp³-hybridized carbons (Fsp3) is 0.952. The Hall–Kier alpha value is -0.530. The maximum absolute atomic E-state index is 10.4. The van der Waals surface area contributed by atoms with Crippen LogP contribution < -0.4 is 0 Å². The van der Waals surface area contributed by atoms with Crippen LogP contribution in [0.5, 0.6) is 0 Å². The molecule has 0 radical (unpaired) electrons. The Bertz CT molecular complexity index is 250. The van der Waals surface area contributed by atoms with Gasteiger partial charge in [0.2, 0.25) is 0 Å². The van der Waals surface area contributed by atoms with Crippen molar-refractivity contribution in [3.8, 4) is 0 Å². The van der Waals surface area contributed by atoms with Crippen LogP contribution >= 0.6 is 0 Å². The second kappa shape index (κ2) is 17.8. The highest BCUT2D eigenvalue weighted by molar-refractivity contribution is 5.66. The Labute approximate surface area is 145 Å².